The lowest BCUT2D eigenvalue weighted by atomic mass is 9.86. The Morgan fingerprint density at radius 3 is 2.39 bits per heavy atom. The molecular weight excluding hydrogens is 458 g/mol. The Labute approximate surface area is 187 Å². The van der Waals surface area contributed by atoms with Gasteiger partial charge in [0, 0.05) is 12.0 Å². The second kappa shape index (κ2) is 8.37. The highest BCUT2D eigenvalue weighted by atomic mass is 35.5. The van der Waals surface area contributed by atoms with Crippen LogP contribution in [0.25, 0.3) is 0 Å². The quantitative estimate of drug-likeness (QED) is 0.547. The number of carbonyl (C=O) groups is 3. The summed E-state index contributed by atoms with van der Waals surface area (Å²) in [5.41, 5.74) is 2.04. The summed E-state index contributed by atoms with van der Waals surface area (Å²) in [7, 11) is -3.74. The first-order valence-corrected chi connectivity index (χ1v) is 12.1. The normalized spacial score (nSPS) is 16.0. The molecular formula is C22H16ClNO5S2. The van der Waals surface area contributed by atoms with Gasteiger partial charge in [0.2, 0.25) is 5.91 Å². The van der Waals surface area contributed by atoms with E-state index < -0.39 is 33.2 Å². The molecule has 0 fully saturated rings. The van der Waals surface area contributed by atoms with Crippen LogP contribution in [0.5, 0.6) is 0 Å². The Morgan fingerprint density at radius 2 is 1.71 bits per heavy atom. The third-order valence-electron chi connectivity index (χ3n) is 4.90. The van der Waals surface area contributed by atoms with E-state index >= 15 is 0 Å². The van der Waals surface area contributed by atoms with Gasteiger partial charge in [0.15, 0.2) is 21.4 Å². The van der Waals surface area contributed by atoms with Crippen LogP contribution in [-0.4, -0.2) is 31.6 Å². The average Bonchev–Trinajstić information content (AvgIpc) is 3.16. The Morgan fingerprint density at radius 1 is 1.00 bits per heavy atom. The Bertz CT molecular complexity index is 1300. The lowest BCUT2D eigenvalue weighted by molar-refractivity contribution is -0.117. The molecule has 0 radical (unpaired) electrons. The molecule has 4 rings (SSSR count). The number of carbonyl (C=O) groups excluding carboxylic acids is 3. The molecule has 3 aromatic rings. The predicted octanol–water partition coefficient (Wildman–Crippen LogP) is 3.91. The number of anilines is 1. The average molecular weight is 474 g/mol. The number of nitrogens with one attached hydrogen (secondary N) is 1. The molecule has 31 heavy (non-hydrogen) atoms. The molecule has 0 spiro atoms. The minimum absolute atomic E-state index is 0.0586. The van der Waals surface area contributed by atoms with E-state index in [1.807, 2.05) is 0 Å². The molecule has 158 valence electrons. The van der Waals surface area contributed by atoms with Crippen molar-refractivity contribution in [1.29, 1.82) is 0 Å². The largest absolute Gasteiger partial charge is 0.324 e. The van der Waals surface area contributed by atoms with Crippen molar-refractivity contribution >= 4 is 55.9 Å². The predicted molar refractivity (Wildman–Crippen MR) is 119 cm³/mol. The number of thiophene rings is 1. The number of hydrogen-bond donors (Lipinski definition) is 1. The summed E-state index contributed by atoms with van der Waals surface area (Å²) in [6.07, 6.45) is -0.0771. The van der Waals surface area contributed by atoms with E-state index in [0.717, 1.165) is 11.3 Å². The summed E-state index contributed by atoms with van der Waals surface area (Å²) < 4.78 is 25.1. The summed E-state index contributed by atoms with van der Waals surface area (Å²) in [5.74, 6) is -2.75. The molecule has 1 N–H and O–H groups in total. The van der Waals surface area contributed by atoms with Gasteiger partial charge in [0.1, 0.15) is 15.9 Å². The van der Waals surface area contributed by atoms with E-state index in [2.05, 4.69) is 5.32 Å². The summed E-state index contributed by atoms with van der Waals surface area (Å²) >= 11 is 6.69. The third kappa shape index (κ3) is 4.46. The van der Waals surface area contributed by atoms with Gasteiger partial charge in [0.05, 0.1) is 10.0 Å². The van der Waals surface area contributed by atoms with Crippen LogP contribution in [-0.2, 0) is 25.8 Å². The van der Waals surface area contributed by atoms with Crippen molar-refractivity contribution in [2.75, 3.05) is 11.1 Å². The van der Waals surface area contributed by atoms with E-state index in [-0.39, 0.29) is 16.4 Å². The number of halogens is 1. The molecule has 6 nitrogen and oxygen atoms in total. The van der Waals surface area contributed by atoms with Gasteiger partial charge in [-0.1, -0.05) is 48.0 Å². The zero-order valence-electron chi connectivity index (χ0n) is 16.0. The number of ketones is 2. The Balaban J connectivity index is 1.47. The second-order valence-electron chi connectivity index (χ2n) is 7.11. The first-order chi connectivity index (χ1) is 14.7. The van der Waals surface area contributed by atoms with Crippen molar-refractivity contribution < 1.29 is 22.8 Å². The van der Waals surface area contributed by atoms with Gasteiger partial charge in [-0.25, -0.2) is 8.42 Å². The van der Waals surface area contributed by atoms with E-state index in [9.17, 15) is 22.8 Å². The smallest absolute Gasteiger partial charge is 0.239 e. The van der Waals surface area contributed by atoms with Gasteiger partial charge in [0.25, 0.3) is 0 Å². The van der Waals surface area contributed by atoms with Crippen LogP contribution in [0.3, 0.4) is 0 Å². The molecule has 1 aliphatic rings. The zero-order chi connectivity index (χ0) is 22.2. The maximum absolute atomic E-state index is 12.8. The molecule has 1 aliphatic heterocycles. The number of fused-ring (bicyclic) bond motifs is 1. The fourth-order valence-corrected chi connectivity index (χ4v) is 6.26. The van der Waals surface area contributed by atoms with E-state index in [0.29, 0.717) is 26.7 Å². The first kappa shape index (κ1) is 21.4. The van der Waals surface area contributed by atoms with Gasteiger partial charge in [-0.3, -0.25) is 14.4 Å². The minimum Gasteiger partial charge on any atom is -0.324 e. The van der Waals surface area contributed by atoms with Crippen LogP contribution in [0.15, 0.2) is 64.9 Å². The Kier molecular flexibility index (Phi) is 5.79. The first-order valence-electron chi connectivity index (χ1n) is 9.27. The monoisotopic (exact) mass is 473 g/mol. The lowest BCUT2D eigenvalue weighted by Crippen LogP contribution is -2.33. The molecule has 2 aromatic carbocycles. The van der Waals surface area contributed by atoms with Crippen LogP contribution in [0.1, 0.15) is 27.4 Å². The molecule has 0 saturated carbocycles. The molecule has 1 atom stereocenters. The summed E-state index contributed by atoms with van der Waals surface area (Å²) in [4.78, 5) is 37.6. The van der Waals surface area contributed by atoms with E-state index in [4.69, 9.17) is 11.6 Å². The number of sulfone groups is 1. The second-order valence-corrected chi connectivity index (χ2v) is 11.0. The van der Waals surface area contributed by atoms with Gasteiger partial charge in [-0.15, -0.1) is 11.3 Å². The van der Waals surface area contributed by atoms with Crippen molar-refractivity contribution in [3.8, 4) is 0 Å². The number of para-hydroxylation sites is 1. The highest BCUT2D eigenvalue weighted by molar-refractivity contribution is 7.94. The van der Waals surface area contributed by atoms with Crippen LogP contribution < -0.4 is 5.32 Å². The highest BCUT2D eigenvalue weighted by Crippen LogP contribution is 2.31. The number of Topliss-reactive ketones (excluding diaryl/α,β-unsaturated/α-hetero) is 2. The number of hydrogen-bond acceptors (Lipinski definition) is 6. The van der Waals surface area contributed by atoms with Gasteiger partial charge in [-0.05, 0) is 35.4 Å². The van der Waals surface area contributed by atoms with Crippen molar-refractivity contribution in [2.24, 2.45) is 0 Å². The topological polar surface area (TPSA) is 97.4 Å². The number of benzene rings is 2. The maximum Gasteiger partial charge on any atom is 0.239 e. The molecule has 1 aromatic heterocycles. The van der Waals surface area contributed by atoms with Gasteiger partial charge >= 0.3 is 0 Å². The van der Waals surface area contributed by atoms with Crippen molar-refractivity contribution in [2.45, 2.75) is 16.5 Å². The number of amides is 1. The van der Waals surface area contributed by atoms with Crippen molar-refractivity contribution in [3.63, 3.8) is 0 Å². The highest BCUT2D eigenvalue weighted by Gasteiger charge is 2.35. The molecule has 9 heteroatoms. The summed E-state index contributed by atoms with van der Waals surface area (Å²) in [5, 5.41) is 2.74. The van der Waals surface area contributed by atoms with E-state index in [1.165, 1.54) is 12.1 Å². The molecule has 1 unspecified atom stereocenters. The fraction of sp³-hybridized carbons (Fsp3) is 0.136. The molecule has 0 saturated heterocycles. The van der Waals surface area contributed by atoms with Crippen molar-refractivity contribution in [3.05, 3.63) is 81.7 Å². The van der Waals surface area contributed by atoms with Gasteiger partial charge < -0.3 is 5.32 Å². The van der Waals surface area contributed by atoms with E-state index in [1.54, 1.807) is 48.5 Å². The lowest BCUT2D eigenvalue weighted by Gasteiger charge is -2.23. The molecule has 0 bridgehead atoms. The summed E-state index contributed by atoms with van der Waals surface area (Å²) in [6, 6.07) is 16.2. The van der Waals surface area contributed by atoms with Crippen LogP contribution in [0.4, 0.5) is 5.69 Å². The van der Waals surface area contributed by atoms with Gasteiger partial charge in [-0.2, -0.15) is 0 Å². The molecule has 0 aliphatic carbocycles. The molecule has 1 amide bonds. The number of rotatable bonds is 6. The van der Waals surface area contributed by atoms with Crippen LogP contribution in [0, 0.1) is 0 Å². The molecule has 2 heterocycles. The van der Waals surface area contributed by atoms with Crippen molar-refractivity contribution in [1.82, 2.24) is 0 Å². The fourth-order valence-electron chi connectivity index (χ4n) is 3.44. The standard InChI is InChI=1S/C22H16ClNO5S2/c23-18-9-10-19(30-18)31(28,29)12-15(25)11-13-5-7-14(8-6-13)20-21(26)16-3-1-2-4-17(16)24-22(20)27/h1-10,20H,11-12H2,(H,24,27). The Hall–Kier alpha value is -2.81. The van der Waals surface area contributed by atoms with Crippen LogP contribution in [0.2, 0.25) is 4.34 Å². The maximum atomic E-state index is 12.8. The van der Waals surface area contributed by atoms with Crippen LogP contribution >= 0.6 is 22.9 Å². The summed E-state index contributed by atoms with van der Waals surface area (Å²) in [6.45, 7) is 0. The minimum atomic E-state index is -3.74. The zero-order valence-corrected chi connectivity index (χ0v) is 18.4. The third-order valence-corrected chi connectivity index (χ3v) is 8.38. The SMILES string of the molecule is O=C(Cc1ccc(C2C(=O)Nc3ccccc3C2=O)cc1)CS(=O)(=O)c1ccc(Cl)s1.